The van der Waals surface area contributed by atoms with Gasteiger partial charge in [-0.3, -0.25) is 4.79 Å². The van der Waals surface area contributed by atoms with Gasteiger partial charge in [0.2, 0.25) is 5.91 Å². The Balaban J connectivity index is 3.06. The minimum atomic E-state index is -0.394. The SMILES string of the molecule is CNC(C(N)=O)c1ccc(C)c(C)c1. The standard InChI is InChI=1S/C11H16N2O/c1-7-4-5-9(6-8(7)2)10(13-3)11(12)14/h4-6,10,13H,1-3H3,(H2,12,14). The number of rotatable bonds is 3. The van der Waals surface area contributed by atoms with E-state index in [1.54, 1.807) is 7.05 Å². The maximum Gasteiger partial charge on any atom is 0.239 e. The first-order valence-electron chi connectivity index (χ1n) is 4.60. The highest BCUT2D eigenvalue weighted by atomic mass is 16.1. The number of hydrogen-bond acceptors (Lipinski definition) is 2. The highest BCUT2D eigenvalue weighted by molar-refractivity contribution is 5.81. The first kappa shape index (κ1) is 10.7. The first-order valence-corrected chi connectivity index (χ1v) is 4.60. The Labute approximate surface area is 84.3 Å². The van der Waals surface area contributed by atoms with Crippen LogP contribution in [0, 0.1) is 13.8 Å². The number of primary amides is 1. The average molecular weight is 192 g/mol. The molecular weight excluding hydrogens is 176 g/mol. The zero-order valence-corrected chi connectivity index (χ0v) is 8.79. The molecule has 0 saturated heterocycles. The van der Waals surface area contributed by atoms with Gasteiger partial charge in [0.25, 0.3) is 0 Å². The van der Waals surface area contributed by atoms with Crippen molar-refractivity contribution in [2.75, 3.05) is 7.05 Å². The number of likely N-dealkylation sites (N-methyl/N-ethyl adjacent to an activating group) is 1. The minimum Gasteiger partial charge on any atom is -0.368 e. The Morgan fingerprint density at radius 1 is 1.36 bits per heavy atom. The summed E-state index contributed by atoms with van der Waals surface area (Å²) >= 11 is 0. The zero-order valence-electron chi connectivity index (χ0n) is 8.79. The monoisotopic (exact) mass is 192 g/mol. The van der Waals surface area contributed by atoms with E-state index >= 15 is 0 Å². The summed E-state index contributed by atoms with van der Waals surface area (Å²) in [4.78, 5) is 11.1. The van der Waals surface area contributed by atoms with Crippen molar-refractivity contribution >= 4 is 5.91 Å². The molecule has 76 valence electrons. The van der Waals surface area contributed by atoms with E-state index in [9.17, 15) is 4.79 Å². The second kappa shape index (κ2) is 4.24. The Kier molecular flexibility index (Phi) is 3.25. The van der Waals surface area contributed by atoms with Crippen molar-refractivity contribution in [2.24, 2.45) is 5.73 Å². The molecule has 0 saturated carbocycles. The second-order valence-electron chi connectivity index (χ2n) is 3.47. The summed E-state index contributed by atoms with van der Waals surface area (Å²) < 4.78 is 0. The molecule has 1 aromatic carbocycles. The Hall–Kier alpha value is -1.35. The van der Waals surface area contributed by atoms with Crippen LogP contribution in [0.3, 0.4) is 0 Å². The molecule has 1 rings (SSSR count). The lowest BCUT2D eigenvalue weighted by Gasteiger charge is -2.13. The highest BCUT2D eigenvalue weighted by Crippen LogP contribution is 2.16. The molecule has 0 spiro atoms. The number of carbonyl (C=O) groups excluding carboxylic acids is 1. The second-order valence-corrected chi connectivity index (χ2v) is 3.47. The van der Waals surface area contributed by atoms with Crippen LogP contribution in [0.2, 0.25) is 0 Å². The van der Waals surface area contributed by atoms with Crippen LogP contribution < -0.4 is 11.1 Å². The third-order valence-corrected chi connectivity index (χ3v) is 2.44. The predicted octanol–water partition coefficient (Wildman–Crippen LogP) is 1.05. The zero-order chi connectivity index (χ0) is 10.7. The molecule has 0 fully saturated rings. The number of nitrogens with one attached hydrogen (secondary N) is 1. The normalized spacial score (nSPS) is 12.5. The van der Waals surface area contributed by atoms with Crippen molar-refractivity contribution in [3.63, 3.8) is 0 Å². The van der Waals surface area contributed by atoms with Gasteiger partial charge in [-0.15, -0.1) is 0 Å². The van der Waals surface area contributed by atoms with Gasteiger partial charge in [-0.05, 0) is 37.6 Å². The van der Waals surface area contributed by atoms with Crippen molar-refractivity contribution < 1.29 is 4.79 Å². The lowest BCUT2D eigenvalue weighted by molar-refractivity contribution is -0.120. The molecule has 0 aliphatic carbocycles. The summed E-state index contributed by atoms with van der Waals surface area (Å²) in [5, 5.41) is 2.89. The van der Waals surface area contributed by atoms with Crippen molar-refractivity contribution in [1.82, 2.24) is 5.32 Å². The maximum absolute atomic E-state index is 11.1. The summed E-state index contributed by atoms with van der Waals surface area (Å²) in [5.74, 6) is -0.351. The highest BCUT2D eigenvalue weighted by Gasteiger charge is 2.15. The maximum atomic E-state index is 11.1. The van der Waals surface area contributed by atoms with E-state index in [2.05, 4.69) is 5.32 Å². The minimum absolute atomic E-state index is 0.351. The number of hydrogen-bond donors (Lipinski definition) is 2. The molecule has 0 aliphatic rings. The fraction of sp³-hybridized carbons (Fsp3) is 0.364. The molecule has 14 heavy (non-hydrogen) atoms. The van der Waals surface area contributed by atoms with E-state index in [-0.39, 0.29) is 5.91 Å². The predicted molar refractivity (Wildman–Crippen MR) is 56.9 cm³/mol. The molecule has 3 nitrogen and oxygen atoms in total. The van der Waals surface area contributed by atoms with Gasteiger partial charge in [0.15, 0.2) is 0 Å². The molecule has 3 heteroatoms. The van der Waals surface area contributed by atoms with Crippen LogP contribution in [-0.2, 0) is 4.79 Å². The van der Waals surface area contributed by atoms with Crippen LogP contribution in [0.4, 0.5) is 0 Å². The van der Waals surface area contributed by atoms with Crippen molar-refractivity contribution in [3.05, 3.63) is 34.9 Å². The number of carbonyl (C=O) groups is 1. The topological polar surface area (TPSA) is 55.1 Å². The third-order valence-electron chi connectivity index (χ3n) is 2.44. The fourth-order valence-electron chi connectivity index (χ4n) is 1.42. The number of nitrogens with two attached hydrogens (primary N) is 1. The van der Waals surface area contributed by atoms with Gasteiger partial charge in [-0.1, -0.05) is 18.2 Å². The van der Waals surface area contributed by atoms with Crippen molar-refractivity contribution in [2.45, 2.75) is 19.9 Å². The van der Waals surface area contributed by atoms with Gasteiger partial charge in [0.1, 0.15) is 6.04 Å². The van der Waals surface area contributed by atoms with Crippen molar-refractivity contribution in [1.29, 1.82) is 0 Å². The molecule has 0 radical (unpaired) electrons. The van der Waals surface area contributed by atoms with Crippen LogP contribution >= 0.6 is 0 Å². The van der Waals surface area contributed by atoms with Gasteiger partial charge >= 0.3 is 0 Å². The van der Waals surface area contributed by atoms with Crippen LogP contribution in [-0.4, -0.2) is 13.0 Å². The summed E-state index contributed by atoms with van der Waals surface area (Å²) in [6.45, 7) is 4.06. The van der Waals surface area contributed by atoms with E-state index in [0.717, 1.165) is 5.56 Å². The van der Waals surface area contributed by atoms with Gasteiger partial charge in [-0.25, -0.2) is 0 Å². The summed E-state index contributed by atoms with van der Waals surface area (Å²) in [6, 6.07) is 5.52. The third kappa shape index (κ3) is 2.12. The van der Waals surface area contributed by atoms with E-state index in [1.807, 2.05) is 32.0 Å². The quantitative estimate of drug-likeness (QED) is 0.752. The summed E-state index contributed by atoms with van der Waals surface area (Å²) in [6.07, 6.45) is 0. The Morgan fingerprint density at radius 2 is 2.00 bits per heavy atom. The van der Waals surface area contributed by atoms with E-state index < -0.39 is 6.04 Å². The molecule has 0 bridgehead atoms. The summed E-state index contributed by atoms with van der Waals surface area (Å²) in [7, 11) is 1.73. The number of aryl methyl sites for hydroxylation is 2. The largest absolute Gasteiger partial charge is 0.368 e. The number of benzene rings is 1. The molecule has 1 amide bonds. The van der Waals surface area contributed by atoms with Crippen LogP contribution in [0.15, 0.2) is 18.2 Å². The van der Waals surface area contributed by atoms with Gasteiger partial charge in [0.05, 0.1) is 0 Å². The van der Waals surface area contributed by atoms with Gasteiger partial charge in [-0.2, -0.15) is 0 Å². The van der Waals surface area contributed by atoms with Crippen LogP contribution in [0.25, 0.3) is 0 Å². The molecule has 1 unspecified atom stereocenters. The fourth-order valence-corrected chi connectivity index (χ4v) is 1.42. The Bertz CT molecular complexity index is 347. The molecule has 0 aromatic heterocycles. The van der Waals surface area contributed by atoms with E-state index in [0.29, 0.717) is 0 Å². The molecule has 3 N–H and O–H groups in total. The lowest BCUT2D eigenvalue weighted by Crippen LogP contribution is -2.31. The first-order chi connectivity index (χ1) is 6.56. The van der Waals surface area contributed by atoms with Crippen LogP contribution in [0.1, 0.15) is 22.7 Å². The summed E-state index contributed by atoms with van der Waals surface area (Å²) in [5.41, 5.74) is 8.57. The molecule has 1 atom stereocenters. The smallest absolute Gasteiger partial charge is 0.239 e. The average Bonchev–Trinajstić information content (AvgIpc) is 2.11. The van der Waals surface area contributed by atoms with Gasteiger partial charge < -0.3 is 11.1 Å². The molecule has 0 heterocycles. The molecule has 0 aliphatic heterocycles. The van der Waals surface area contributed by atoms with Crippen LogP contribution in [0.5, 0.6) is 0 Å². The Morgan fingerprint density at radius 3 is 2.43 bits per heavy atom. The van der Waals surface area contributed by atoms with E-state index in [1.165, 1.54) is 11.1 Å². The molecule has 1 aromatic rings. The van der Waals surface area contributed by atoms with Gasteiger partial charge in [0, 0.05) is 0 Å². The van der Waals surface area contributed by atoms with Crippen molar-refractivity contribution in [3.8, 4) is 0 Å². The molecular formula is C11H16N2O. The number of amides is 1. The lowest BCUT2D eigenvalue weighted by atomic mass is 10.0. The van der Waals surface area contributed by atoms with E-state index in [4.69, 9.17) is 5.73 Å².